The molecule has 2 N–H and O–H groups in total. The van der Waals surface area contributed by atoms with Crippen molar-refractivity contribution in [3.8, 4) is 0 Å². The molecule has 2 saturated heterocycles. The van der Waals surface area contributed by atoms with Crippen LogP contribution in [0.4, 0.5) is 0 Å². The van der Waals surface area contributed by atoms with Crippen LogP contribution in [0.25, 0.3) is 0 Å². The number of piperidine rings is 1. The highest BCUT2D eigenvalue weighted by molar-refractivity contribution is 7.99. The molecule has 0 spiro atoms. The summed E-state index contributed by atoms with van der Waals surface area (Å²) >= 11 is 1.67. The molecule has 2 fully saturated rings. The lowest BCUT2D eigenvalue weighted by molar-refractivity contribution is -0.144. The van der Waals surface area contributed by atoms with Crippen LogP contribution in [0.3, 0.4) is 0 Å². The van der Waals surface area contributed by atoms with Crippen LogP contribution in [-0.2, 0) is 9.59 Å². The van der Waals surface area contributed by atoms with E-state index >= 15 is 0 Å². The molecule has 20 heavy (non-hydrogen) atoms. The molecule has 0 aromatic heterocycles. The number of halogens is 1. The van der Waals surface area contributed by atoms with Crippen LogP contribution in [0.5, 0.6) is 0 Å². The molecule has 0 aliphatic carbocycles. The molecule has 2 aliphatic rings. The molecule has 2 amide bonds. The first kappa shape index (κ1) is 17.6. The molecular weight excluding hydrogens is 298 g/mol. The fourth-order valence-electron chi connectivity index (χ4n) is 2.58. The Bertz CT molecular complexity index is 349. The lowest BCUT2D eigenvalue weighted by Crippen LogP contribution is -2.52. The van der Waals surface area contributed by atoms with Crippen molar-refractivity contribution in [2.45, 2.75) is 44.7 Å². The standard InChI is InChI=1S/C13H23N3O2S.ClH/c1-2-3-12(17)16-9-19-8-11(16)13(18)15-6-4-10(14)5-7-15;/h10-11H,2-9,14H2,1H3;1H. The van der Waals surface area contributed by atoms with Crippen LogP contribution in [-0.4, -0.2) is 58.4 Å². The Balaban J connectivity index is 0.00000200. The van der Waals surface area contributed by atoms with E-state index in [0.717, 1.165) is 38.1 Å². The van der Waals surface area contributed by atoms with Crippen LogP contribution in [0.2, 0.25) is 0 Å². The van der Waals surface area contributed by atoms with E-state index in [2.05, 4.69) is 0 Å². The van der Waals surface area contributed by atoms with Gasteiger partial charge in [-0.1, -0.05) is 6.92 Å². The third-order valence-corrected chi connectivity index (χ3v) is 4.82. The van der Waals surface area contributed by atoms with Crippen LogP contribution >= 0.6 is 24.2 Å². The zero-order valence-corrected chi connectivity index (χ0v) is 13.5. The molecule has 1 atom stereocenters. The first-order valence-electron chi connectivity index (χ1n) is 7.05. The molecular formula is C13H24ClN3O2S. The lowest BCUT2D eigenvalue weighted by atomic mass is 10.1. The summed E-state index contributed by atoms with van der Waals surface area (Å²) in [7, 11) is 0. The topological polar surface area (TPSA) is 66.6 Å². The van der Waals surface area contributed by atoms with Crippen molar-refractivity contribution in [3.63, 3.8) is 0 Å². The Kier molecular flexibility index (Phi) is 7.12. The number of thioether (sulfide) groups is 1. The van der Waals surface area contributed by atoms with Crippen molar-refractivity contribution >= 4 is 36.0 Å². The van der Waals surface area contributed by atoms with Crippen molar-refractivity contribution in [3.05, 3.63) is 0 Å². The maximum absolute atomic E-state index is 12.5. The molecule has 0 aromatic rings. The zero-order chi connectivity index (χ0) is 13.8. The van der Waals surface area contributed by atoms with Gasteiger partial charge in [0, 0.05) is 31.3 Å². The normalized spacial score (nSPS) is 23.6. The minimum atomic E-state index is -0.252. The van der Waals surface area contributed by atoms with Crippen LogP contribution in [0.1, 0.15) is 32.6 Å². The Morgan fingerprint density at radius 1 is 1.30 bits per heavy atom. The van der Waals surface area contributed by atoms with Gasteiger partial charge in [-0.25, -0.2) is 0 Å². The number of nitrogens with zero attached hydrogens (tertiary/aromatic N) is 2. The Morgan fingerprint density at radius 3 is 2.55 bits per heavy atom. The molecule has 0 radical (unpaired) electrons. The molecule has 0 aromatic carbocycles. The molecule has 5 nitrogen and oxygen atoms in total. The van der Waals surface area contributed by atoms with Gasteiger partial charge in [0.2, 0.25) is 11.8 Å². The Morgan fingerprint density at radius 2 is 1.95 bits per heavy atom. The van der Waals surface area contributed by atoms with Gasteiger partial charge in [0.25, 0.3) is 0 Å². The number of hydrogen-bond donors (Lipinski definition) is 1. The van der Waals surface area contributed by atoms with Gasteiger partial charge in [-0.2, -0.15) is 0 Å². The van der Waals surface area contributed by atoms with E-state index < -0.39 is 0 Å². The zero-order valence-electron chi connectivity index (χ0n) is 11.9. The number of rotatable bonds is 3. The Labute approximate surface area is 131 Å². The molecule has 2 rings (SSSR count). The summed E-state index contributed by atoms with van der Waals surface area (Å²) in [4.78, 5) is 28.2. The fourth-order valence-corrected chi connectivity index (χ4v) is 3.75. The van der Waals surface area contributed by atoms with E-state index in [9.17, 15) is 9.59 Å². The van der Waals surface area contributed by atoms with E-state index in [1.807, 2.05) is 11.8 Å². The van der Waals surface area contributed by atoms with Crippen molar-refractivity contribution in [2.75, 3.05) is 24.7 Å². The number of carbonyl (C=O) groups excluding carboxylic acids is 2. The molecule has 1 unspecified atom stereocenters. The maximum Gasteiger partial charge on any atom is 0.246 e. The van der Waals surface area contributed by atoms with E-state index in [4.69, 9.17) is 5.73 Å². The van der Waals surface area contributed by atoms with E-state index in [1.165, 1.54) is 0 Å². The average molecular weight is 322 g/mol. The highest BCUT2D eigenvalue weighted by Crippen LogP contribution is 2.24. The molecule has 7 heteroatoms. The number of amides is 2. The number of nitrogens with two attached hydrogens (primary N) is 1. The largest absolute Gasteiger partial charge is 0.341 e. The number of carbonyl (C=O) groups is 2. The summed E-state index contributed by atoms with van der Waals surface area (Å²) in [5.41, 5.74) is 5.86. The predicted molar refractivity (Wildman–Crippen MR) is 83.9 cm³/mol. The molecule has 2 aliphatic heterocycles. The summed E-state index contributed by atoms with van der Waals surface area (Å²) < 4.78 is 0. The minimum Gasteiger partial charge on any atom is -0.341 e. The molecule has 0 bridgehead atoms. The fraction of sp³-hybridized carbons (Fsp3) is 0.846. The van der Waals surface area contributed by atoms with Crippen LogP contribution < -0.4 is 5.73 Å². The van der Waals surface area contributed by atoms with Crippen LogP contribution in [0.15, 0.2) is 0 Å². The summed E-state index contributed by atoms with van der Waals surface area (Å²) in [5, 5.41) is 0. The van der Waals surface area contributed by atoms with Crippen LogP contribution in [0, 0.1) is 0 Å². The monoisotopic (exact) mass is 321 g/mol. The lowest BCUT2D eigenvalue weighted by Gasteiger charge is -2.34. The summed E-state index contributed by atoms with van der Waals surface area (Å²) in [6.07, 6.45) is 3.11. The van der Waals surface area contributed by atoms with Gasteiger partial charge in [0.05, 0.1) is 5.88 Å². The highest BCUT2D eigenvalue weighted by atomic mass is 35.5. The highest BCUT2D eigenvalue weighted by Gasteiger charge is 2.37. The number of likely N-dealkylation sites (tertiary alicyclic amines) is 1. The molecule has 0 saturated carbocycles. The molecule has 2 heterocycles. The van der Waals surface area contributed by atoms with Crippen molar-refractivity contribution in [1.29, 1.82) is 0 Å². The molecule has 116 valence electrons. The summed E-state index contributed by atoms with van der Waals surface area (Å²) in [5.74, 6) is 1.61. The second kappa shape index (κ2) is 8.10. The van der Waals surface area contributed by atoms with E-state index in [1.54, 1.807) is 16.7 Å². The second-order valence-electron chi connectivity index (χ2n) is 5.29. The second-order valence-corrected chi connectivity index (χ2v) is 6.29. The van der Waals surface area contributed by atoms with Crippen molar-refractivity contribution < 1.29 is 9.59 Å². The third kappa shape index (κ3) is 4.02. The van der Waals surface area contributed by atoms with E-state index in [0.29, 0.717) is 12.3 Å². The van der Waals surface area contributed by atoms with Gasteiger partial charge < -0.3 is 15.5 Å². The number of hydrogen-bond acceptors (Lipinski definition) is 4. The average Bonchev–Trinajstić information content (AvgIpc) is 2.88. The third-order valence-electron chi connectivity index (χ3n) is 3.80. The first-order chi connectivity index (χ1) is 9.13. The SMILES string of the molecule is CCCC(=O)N1CSCC1C(=O)N1CCC(N)CC1.Cl. The van der Waals surface area contributed by atoms with Crippen molar-refractivity contribution in [2.24, 2.45) is 5.73 Å². The summed E-state index contributed by atoms with van der Waals surface area (Å²) in [6.45, 7) is 3.46. The van der Waals surface area contributed by atoms with E-state index in [-0.39, 0.29) is 36.3 Å². The van der Waals surface area contributed by atoms with Gasteiger partial charge in [0.15, 0.2) is 0 Å². The smallest absolute Gasteiger partial charge is 0.246 e. The van der Waals surface area contributed by atoms with Gasteiger partial charge >= 0.3 is 0 Å². The van der Waals surface area contributed by atoms with Gasteiger partial charge in [0.1, 0.15) is 6.04 Å². The van der Waals surface area contributed by atoms with Gasteiger partial charge in [-0.3, -0.25) is 9.59 Å². The first-order valence-corrected chi connectivity index (χ1v) is 8.20. The predicted octanol–water partition coefficient (Wildman–Crippen LogP) is 1.06. The summed E-state index contributed by atoms with van der Waals surface area (Å²) in [6, 6.07) is -0.0294. The maximum atomic E-state index is 12.5. The Hall–Kier alpha value is -0.460. The quantitative estimate of drug-likeness (QED) is 0.844. The van der Waals surface area contributed by atoms with Crippen molar-refractivity contribution in [1.82, 2.24) is 9.80 Å². The van der Waals surface area contributed by atoms with Gasteiger partial charge in [-0.05, 0) is 19.3 Å². The van der Waals surface area contributed by atoms with Gasteiger partial charge in [-0.15, -0.1) is 24.2 Å². The minimum absolute atomic E-state index is 0.